The van der Waals surface area contributed by atoms with Gasteiger partial charge in [-0.3, -0.25) is 4.79 Å². The van der Waals surface area contributed by atoms with Crippen LogP contribution in [-0.2, 0) is 4.79 Å². The quantitative estimate of drug-likeness (QED) is 0.685. The van der Waals surface area contributed by atoms with Gasteiger partial charge in [0.1, 0.15) is 0 Å². The topological polar surface area (TPSA) is 53.5 Å². The molecular formula is C16H21Br2N3O. The average molecular weight is 431 g/mol. The summed E-state index contributed by atoms with van der Waals surface area (Å²) in [7, 11) is 0. The molecule has 1 fully saturated rings. The first-order valence-corrected chi connectivity index (χ1v) is 9.10. The number of hydrogen-bond acceptors (Lipinski definition) is 3. The Morgan fingerprint density at radius 3 is 2.64 bits per heavy atom. The van der Waals surface area contributed by atoms with E-state index in [4.69, 9.17) is 0 Å². The van der Waals surface area contributed by atoms with Crippen LogP contribution in [0.25, 0.3) is 0 Å². The summed E-state index contributed by atoms with van der Waals surface area (Å²) in [6.45, 7) is 4.38. The normalized spacial score (nSPS) is 20.0. The van der Waals surface area contributed by atoms with Gasteiger partial charge in [-0.25, -0.2) is 5.43 Å². The maximum Gasteiger partial charge on any atom is 0.259 e. The molecule has 1 saturated carbocycles. The fourth-order valence-corrected chi connectivity index (χ4v) is 4.24. The number of rotatable bonds is 4. The molecule has 1 aromatic rings. The minimum absolute atomic E-state index is 0.135. The lowest BCUT2D eigenvalue weighted by Gasteiger charge is -2.19. The molecule has 0 aliphatic heterocycles. The minimum Gasteiger partial charge on any atom is -0.374 e. The standard InChI is InChI=1S/C16H21Br2N3O/c1-10-7-12(17)16(13(18)8-10)19-9-15(22)21-20-14-6-4-3-5-11(14)2/h7-8,11,19H,3-6,9H2,1-2H3,(H,21,22). The summed E-state index contributed by atoms with van der Waals surface area (Å²) in [4.78, 5) is 11.9. The van der Waals surface area contributed by atoms with Crippen LogP contribution < -0.4 is 10.7 Å². The molecule has 0 bridgehead atoms. The van der Waals surface area contributed by atoms with Gasteiger partial charge < -0.3 is 5.32 Å². The first kappa shape index (κ1) is 17.5. The van der Waals surface area contributed by atoms with Crippen molar-refractivity contribution in [3.05, 3.63) is 26.6 Å². The summed E-state index contributed by atoms with van der Waals surface area (Å²) in [5.41, 5.74) is 5.79. The van der Waals surface area contributed by atoms with Crippen molar-refractivity contribution in [3.8, 4) is 0 Å². The Morgan fingerprint density at radius 1 is 1.32 bits per heavy atom. The van der Waals surface area contributed by atoms with E-state index >= 15 is 0 Å². The Morgan fingerprint density at radius 2 is 2.00 bits per heavy atom. The van der Waals surface area contributed by atoms with Crippen LogP contribution in [-0.4, -0.2) is 18.2 Å². The predicted molar refractivity (Wildman–Crippen MR) is 98.3 cm³/mol. The summed E-state index contributed by atoms with van der Waals surface area (Å²) < 4.78 is 1.86. The Labute approximate surface area is 148 Å². The van der Waals surface area contributed by atoms with E-state index < -0.39 is 0 Å². The first-order valence-electron chi connectivity index (χ1n) is 7.52. The molecule has 22 heavy (non-hydrogen) atoms. The number of carbonyl (C=O) groups is 1. The van der Waals surface area contributed by atoms with Crippen LogP contribution in [0.5, 0.6) is 0 Å². The fourth-order valence-electron chi connectivity index (χ4n) is 2.55. The molecule has 1 aliphatic rings. The van der Waals surface area contributed by atoms with Crippen LogP contribution in [0, 0.1) is 12.8 Å². The highest BCUT2D eigenvalue weighted by Gasteiger charge is 2.16. The molecule has 1 atom stereocenters. The van der Waals surface area contributed by atoms with Crippen LogP contribution >= 0.6 is 31.9 Å². The molecule has 1 amide bonds. The third-order valence-corrected chi connectivity index (χ3v) is 5.08. The molecule has 4 nitrogen and oxygen atoms in total. The van der Waals surface area contributed by atoms with Gasteiger partial charge in [0.2, 0.25) is 0 Å². The van der Waals surface area contributed by atoms with Crippen molar-refractivity contribution in [3.63, 3.8) is 0 Å². The van der Waals surface area contributed by atoms with Crippen LogP contribution in [0.15, 0.2) is 26.2 Å². The molecule has 0 heterocycles. The zero-order chi connectivity index (χ0) is 16.1. The first-order chi connectivity index (χ1) is 10.5. The zero-order valence-corrected chi connectivity index (χ0v) is 16.1. The van der Waals surface area contributed by atoms with Gasteiger partial charge in [-0.15, -0.1) is 0 Å². The monoisotopic (exact) mass is 429 g/mol. The smallest absolute Gasteiger partial charge is 0.259 e. The fraction of sp³-hybridized carbons (Fsp3) is 0.500. The molecule has 0 saturated heterocycles. The maximum atomic E-state index is 11.9. The second-order valence-corrected chi connectivity index (χ2v) is 7.45. The number of carbonyl (C=O) groups excluding carboxylic acids is 1. The average Bonchev–Trinajstić information content (AvgIpc) is 2.45. The van der Waals surface area contributed by atoms with E-state index in [1.54, 1.807) is 0 Å². The van der Waals surface area contributed by atoms with Crippen molar-refractivity contribution in [2.45, 2.75) is 39.5 Å². The molecular weight excluding hydrogens is 410 g/mol. The molecule has 6 heteroatoms. The van der Waals surface area contributed by atoms with Crippen LogP contribution in [0.3, 0.4) is 0 Å². The van der Waals surface area contributed by atoms with Gasteiger partial charge in [0.05, 0.1) is 12.2 Å². The van der Waals surface area contributed by atoms with Gasteiger partial charge >= 0.3 is 0 Å². The lowest BCUT2D eigenvalue weighted by Crippen LogP contribution is -2.29. The van der Waals surface area contributed by atoms with E-state index in [-0.39, 0.29) is 12.5 Å². The Kier molecular flexibility index (Phi) is 6.44. The van der Waals surface area contributed by atoms with Gasteiger partial charge in [-0.1, -0.05) is 13.3 Å². The van der Waals surface area contributed by atoms with Crippen LogP contribution in [0.1, 0.15) is 38.2 Å². The van der Waals surface area contributed by atoms with Gasteiger partial charge in [0.25, 0.3) is 5.91 Å². The van der Waals surface area contributed by atoms with Crippen molar-refractivity contribution in [2.24, 2.45) is 11.0 Å². The lowest BCUT2D eigenvalue weighted by atomic mass is 9.89. The molecule has 1 aromatic carbocycles. The SMILES string of the molecule is Cc1cc(Br)c(NCC(=O)NN=C2CCCCC2C)c(Br)c1. The molecule has 0 aromatic heterocycles. The molecule has 120 valence electrons. The Bertz CT molecular complexity index is 564. The number of hydrogen-bond donors (Lipinski definition) is 2. The molecule has 2 N–H and O–H groups in total. The number of nitrogens with one attached hydrogen (secondary N) is 2. The van der Waals surface area contributed by atoms with Gasteiger partial charge in [-0.05, 0) is 81.7 Å². The van der Waals surface area contributed by atoms with Crippen molar-refractivity contribution in [1.82, 2.24) is 5.43 Å². The Hall–Kier alpha value is -0.880. The van der Waals surface area contributed by atoms with Crippen molar-refractivity contribution < 1.29 is 4.79 Å². The lowest BCUT2D eigenvalue weighted by molar-refractivity contribution is -0.119. The second-order valence-electron chi connectivity index (χ2n) is 5.74. The summed E-state index contributed by atoms with van der Waals surface area (Å²) in [6.07, 6.45) is 4.58. The second kappa shape index (κ2) is 8.11. The van der Waals surface area contributed by atoms with E-state index in [1.807, 2.05) is 19.1 Å². The number of nitrogens with zero attached hydrogens (tertiary/aromatic N) is 1. The summed E-state index contributed by atoms with van der Waals surface area (Å²) in [5.74, 6) is 0.340. The molecule has 1 aliphatic carbocycles. The maximum absolute atomic E-state index is 11.9. The molecule has 0 radical (unpaired) electrons. The minimum atomic E-state index is -0.135. The largest absolute Gasteiger partial charge is 0.374 e. The number of amides is 1. The third kappa shape index (κ3) is 4.81. The summed E-state index contributed by atoms with van der Waals surface area (Å²) >= 11 is 7.01. The number of anilines is 1. The van der Waals surface area contributed by atoms with Crippen molar-refractivity contribution in [1.29, 1.82) is 0 Å². The summed E-state index contributed by atoms with van der Waals surface area (Å²) in [5, 5.41) is 7.42. The Balaban J connectivity index is 1.89. The third-order valence-electron chi connectivity index (χ3n) is 3.83. The van der Waals surface area contributed by atoms with Gasteiger partial charge in [0, 0.05) is 14.7 Å². The highest BCUT2D eigenvalue weighted by molar-refractivity contribution is 9.11. The molecule has 2 rings (SSSR count). The highest BCUT2D eigenvalue weighted by Crippen LogP contribution is 2.32. The van der Waals surface area contributed by atoms with E-state index in [0.29, 0.717) is 5.92 Å². The highest BCUT2D eigenvalue weighted by atomic mass is 79.9. The van der Waals surface area contributed by atoms with Gasteiger partial charge in [-0.2, -0.15) is 5.10 Å². The van der Waals surface area contributed by atoms with Crippen LogP contribution in [0.4, 0.5) is 5.69 Å². The van der Waals surface area contributed by atoms with E-state index in [9.17, 15) is 4.79 Å². The van der Waals surface area contributed by atoms with E-state index in [0.717, 1.165) is 38.7 Å². The number of halogens is 2. The van der Waals surface area contributed by atoms with Gasteiger partial charge in [0.15, 0.2) is 0 Å². The predicted octanol–water partition coefficient (Wildman–Crippen LogP) is 4.61. The van der Waals surface area contributed by atoms with Crippen molar-refractivity contribution in [2.75, 3.05) is 11.9 Å². The summed E-state index contributed by atoms with van der Waals surface area (Å²) in [6, 6.07) is 4.02. The number of benzene rings is 1. The molecule has 1 unspecified atom stereocenters. The number of hydrazone groups is 1. The van der Waals surface area contributed by atoms with E-state index in [2.05, 4.69) is 54.6 Å². The molecule has 0 spiro atoms. The van der Waals surface area contributed by atoms with Crippen LogP contribution in [0.2, 0.25) is 0 Å². The number of aryl methyl sites for hydroxylation is 1. The van der Waals surface area contributed by atoms with Crippen molar-refractivity contribution >= 4 is 49.2 Å². The zero-order valence-electron chi connectivity index (χ0n) is 12.9. The van der Waals surface area contributed by atoms with E-state index in [1.165, 1.54) is 12.8 Å².